The summed E-state index contributed by atoms with van der Waals surface area (Å²) in [6.07, 6.45) is 0.253. The maximum absolute atomic E-state index is 13.0. The highest BCUT2D eigenvalue weighted by Crippen LogP contribution is 2.24. The number of rotatable bonds is 5. The van der Waals surface area contributed by atoms with Crippen LogP contribution < -0.4 is 0 Å². The van der Waals surface area contributed by atoms with Crippen molar-refractivity contribution in [3.63, 3.8) is 0 Å². The van der Waals surface area contributed by atoms with Crippen molar-refractivity contribution < 1.29 is 24.2 Å². The van der Waals surface area contributed by atoms with Crippen molar-refractivity contribution in [2.24, 2.45) is 0 Å². The van der Waals surface area contributed by atoms with Crippen LogP contribution in [0.5, 0.6) is 0 Å². The van der Waals surface area contributed by atoms with Crippen molar-refractivity contribution in [3.8, 4) is 0 Å². The Morgan fingerprint density at radius 1 is 1.27 bits per heavy atom. The molecule has 0 spiro atoms. The van der Waals surface area contributed by atoms with Crippen molar-refractivity contribution in [2.45, 2.75) is 44.9 Å². The average molecular weight is 360 g/mol. The van der Waals surface area contributed by atoms with E-state index in [-0.39, 0.29) is 24.8 Å². The van der Waals surface area contributed by atoms with E-state index in [4.69, 9.17) is 9.84 Å². The second kappa shape index (κ2) is 7.86. The lowest BCUT2D eigenvalue weighted by molar-refractivity contribution is -0.151. The second-order valence-corrected chi connectivity index (χ2v) is 6.94. The van der Waals surface area contributed by atoms with Crippen LogP contribution in [0.3, 0.4) is 0 Å². The standard InChI is InChI=1S/C19H24N2O5/c1-13-2-4-14(5-3-13)11-21-16(6-7-17(21)22)19(25)20-8-9-26-15(12-20)10-18(23)24/h2-5,15-16H,6-12H2,1H3,(H,23,24)/t15-,16-/m0/s1. The number of benzene rings is 1. The number of carboxylic acids is 1. The van der Waals surface area contributed by atoms with Crippen LogP contribution in [0.2, 0.25) is 0 Å². The molecule has 7 nitrogen and oxygen atoms in total. The molecule has 2 amide bonds. The van der Waals surface area contributed by atoms with Gasteiger partial charge in [-0.05, 0) is 18.9 Å². The van der Waals surface area contributed by atoms with Crippen LogP contribution in [-0.2, 0) is 25.7 Å². The largest absolute Gasteiger partial charge is 0.481 e. The molecule has 3 rings (SSSR count). The van der Waals surface area contributed by atoms with E-state index in [2.05, 4.69) is 0 Å². The third kappa shape index (κ3) is 4.22. The van der Waals surface area contributed by atoms with E-state index in [0.717, 1.165) is 11.1 Å². The number of carbonyl (C=O) groups is 3. The molecule has 2 heterocycles. The Balaban J connectivity index is 1.67. The Bertz CT molecular complexity index is 688. The predicted molar refractivity (Wildman–Crippen MR) is 93.3 cm³/mol. The zero-order valence-corrected chi connectivity index (χ0v) is 14.9. The number of likely N-dealkylation sites (tertiary alicyclic amines) is 1. The van der Waals surface area contributed by atoms with Gasteiger partial charge in [0.15, 0.2) is 0 Å². The van der Waals surface area contributed by atoms with Crippen LogP contribution in [0.25, 0.3) is 0 Å². The molecule has 0 unspecified atom stereocenters. The molecule has 2 fully saturated rings. The first kappa shape index (κ1) is 18.4. The van der Waals surface area contributed by atoms with Gasteiger partial charge in [0, 0.05) is 26.1 Å². The summed E-state index contributed by atoms with van der Waals surface area (Å²) in [4.78, 5) is 39.4. The SMILES string of the molecule is Cc1ccc(CN2C(=O)CC[C@H]2C(=O)N2CCO[C@@H](CC(=O)O)C2)cc1. The van der Waals surface area contributed by atoms with Crippen LogP contribution in [0.1, 0.15) is 30.4 Å². The van der Waals surface area contributed by atoms with Crippen LogP contribution >= 0.6 is 0 Å². The van der Waals surface area contributed by atoms with Gasteiger partial charge >= 0.3 is 5.97 Å². The first-order valence-electron chi connectivity index (χ1n) is 8.91. The normalized spacial score (nSPS) is 23.3. The molecule has 2 atom stereocenters. The van der Waals surface area contributed by atoms with Gasteiger partial charge in [0.1, 0.15) is 6.04 Å². The lowest BCUT2D eigenvalue weighted by atomic mass is 10.1. The van der Waals surface area contributed by atoms with Gasteiger partial charge in [0.05, 0.1) is 19.1 Å². The number of carboxylic acid groups (broad SMARTS) is 1. The van der Waals surface area contributed by atoms with E-state index < -0.39 is 18.1 Å². The Morgan fingerprint density at radius 3 is 2.69 bits per heavy atom. The van der Waals surface area contributed by atoms with Crippen molar-refractivity contribution >= 4 is 17.8 Å². The van der Waals surface area contributed by atoms with Crippen LogP contribution in [-0.4, -0.2) is 64.5 Å². The molecule has 1 N–H and O–H groups in total. The summed E-state index contributed by atoms with van der Waals surface area (Å²) in [6.45, 7) is 3.43. The molecule has 140 valence electrons. The minimum absolute atomic E-state index is 0.0146. The van der Waals surface area contributed by atoms with Crippen molar-refractivity contribution in [3.05, 3.63) is 35.4 Å². The number of hydrogen-bond donors (Lipinski definition) is 1. The van der Waals surface area contributed by atoms with Crippen molar-refractivity contribution in [1.29, 1.82) is 0 Å². The third-order valence-electron chi connectivity index (χ3n) is 4.94. The zero-order chi connectivity index (χ0) is 18.7. The van der Waals surface area contributed by atoms with Crippen molar-refractivity contribution in [1.82, 2.24) is 9.80 Å². The number of aryl methyl sites for hydroxylation is 1. The number of nitrogens with zero attached hydrogens (tertiary/aromatic N) is 2. The summed E-state index contributed by atoms with van der Waals surface area (Å²) in [6, 6.07) is 7.45. The molecule has 1 aromatic rings. The molecule has 0 aliphatic carbocycles. The van der Waals surface area contributed by atoms with Crippen molar-refractivity contribution in [2.75, 3.05) is 19.7 Å². The Morgan fingerprint density at radius 2 is 2.00 bits per heavy atom. The Labute approximate surface area is 152 Å². The molecule has 1 aromatic carbocycles. The summed E-state index contributed by atoms with van der Waals surface area (Å²) in [5.74, 6) is -1.07. The Kier molecular flexibility index (Phi) is 5.56. The molecule has 2 saturated heterocycles. The zero-order valence-electron chi connectivity index (χ0n) is 14.9. The number of morpholine rings is 1. The fourth-order valence-corrected chi connectivity index (χ4v) is 3.53. The van der Waals surface area contributed by atoms with E-state index in [0.29, 0.717) is 32.5 Å². The molecular weight excluding hydrogens is 336 g/mol. The summed E-state index contributed by atoms with van der Waals surface area (Å²) in [5.41, 5.74) is 2.14. The van der Waals surface area contributed by atoms with E-state index in [9.17, 15) is 14.4 Å². The van der Waals surface area contributed by atoms with Gasteiger partial charge in [0.2, 0.25) is 11.8 Å². The first-order valence-corrected chi connectivity index (χ1v) is 8.91. The summed E-state index contributed by atoms with van der Waals surface area (Å²) in [5, 5.41) is 8.93. The number of hydrogen-bond acceptors (Lipinski definition) is 4. The van der Waals surface area contributed by atoms with Crippen LogP contribution in [0.15, 0.2) is 24.3 Å². The minimum Gasteiger partial charge on any atom is -0.481 e. The molecule has 2 aliphatic rings. The third-order valence-corrected chi connectivity index (χ3v) is 4.94. The van der Waals surface area contributed by atoms with Gasteiger partial charge in [-0.3, -0.25) is 14.4 Å². The van der Waals surface area contributed by atoms with Gasteiger partial charge < -0.3 is 19.6 Å². The highest BCUT2D eigenvalue weighted by molar-refractivity contribution is 5.91. The molecule has 7 heteroatoms. The number of amides is 2. The van der Waals surface area contributed by atoms with E-state index in [1.807, 2.05) is 31.2 Å². The van der Waals surface area contributed by atoms with Gasteiger partial charge in [0.25, 0.3) is 0 Å². The van der Waals surface area contributed by atoms with Crippen LogP contribution in [0.4, 0.5) is 0 Å². The van der Waals surface area contributed by atoms with Gasteiger partial charge in [-0.15, -0.1) is 0 Å². The number of aliphatic carboxylic acids is 1. The topological polar surface area (TPSA) is 87.2 Å². The minimum atomic E-state index is -0.943. The number of carbonyl (C=O) groups excluding carboxylic acids is 2. The molecule has 0 aromatic heterocycles. The summed E-state index contributed by atoms with van der Waals surface area (Å²) in [7, 11) is 0. The second-order valence-electron chi connectivity index (χ2n) is 6.94. The molecule has 0 bridgehead atoms. The summed E-state index contributed by atoms with van der Waals surface area (Å²) < 4.78 is 5.43. The highest BCUT2D eigenvalue weighted by atomic mass is 16.5. The fraction of sp³-hybridized carbons (Fsp3) is 0.526. The average Bonchev–Trinajstić information content (AvgIpc) is 2.96. The molecule has 2 aliphatic heterocycles. The highest BCUT2D eigenvalue weighted by Gasteiger charge is 2.39. The Hall–Kier alpha value is -2.41. The van der Waals surface area contributed by atoms with Gasteiger partial charge in [-0.1, -0.05) is 29.8 Å². The van der Waals surface area contributed by atoms with E-state index >= 15 is 0 Å². The van der Waals surface area contributed by atoms with E-state index in [1.165, 1.54) is 0 Å². The van der Waals surface area contributed by atoms with Crippen LogP contribution in [0, 0.1) is 6.92 Å². The lowest BCUT2D eigenvalue weighted by Crippen LogP contribution is -2.52. The monoisotopic (exact) mass is 360 g/mol. The molecule has 0 saturated carbocycles. The maximum atomic E-state index is 13.0. The molecule has 0 radical (unpaired) electrons. The molecular formula is C19H24N2O5. The lowest BCUT2D eigenvalue weighted by Gasteiger charge is -2.35. The quantitative estimate of drug-likeness (QED) is 0.852. The maximum Gasteiger partial charge on any atom is 0.306 e. The fourth-order valence-electron chi connectivity index (χ4n) is 3.53. The smallest absolute Gasteiger partial charge is 0.306 e. The number of ether oxygens (including phenoxy) is 1. The van der Waals surface area contributed by atoms with Gasteiger partial charge in [-0.2, -0.15) is 0 Å². The first-order chi connectivity index (χ1) is 12.4. The molecule has 26 heavy (non-hydrogen) atoms. The van der Waals surface area contributed by atoms with Gasteiger partial charge in [-0.25, -0.2) is 0 Å². The summed E-state index contributed by atoms with van der Waals surface area (Å²) >= 11 is 0. The van der Waals surface area contributed by atoms with E-state index in [1.54, 1.807) is 9.80 Å². The predicted octanol–water partition coefficient (Wildman–Crippen LogP) is 1.19.